The normalized spacial score (nSPS) is 18.0. The second kappa shape index (κ2) is 5.21. The van der Waals surface area contributed by atoms with Gasteiger partial charge in [0.05, 0.1) is 24.3 Å². The van der Waals surface area contributed by atoms with Gasteiger partial charge in [0.25, 0.3) is 5.56 Å². The Morgan fingerprint density at radius 3 is 2.71 bits per heavy atom. The van der Waals surface area contributed by atoms with Crippen molar-refractivity contribution < 1.29 is 4.74 Å². The van der Waals surface area contributed by atoms with Crippen LogP contribution in [0.2, 0.25) is 0 Å². The third-order valence-corrected chi connectivity index (χ3v) is 5.10. The zero-order valence-electron chi connectivity index (χ0n) is 13.3. The second-order valence-electron chi connectivity index (χ2n) is 6.39. The molecule has 0 atom stereocenters. The van der Waals surface area contributed by atoms with Crippen molar-refractivity contribution in [3.8, 4) is 0 Å². The van der Waals surface area contributed by atoms with Gasteiger partial charge in [-0.1, -0.05) is 36.4 Å². The highest BCUT2D eigenvalue weighted by atomic mass is 16.5. The van der Waals surface area contributed by atoms with E-state index in [0.29, 0.717) is 0 Å². The summed E-state index contributed by atoms with van der Waals surface area (Å²) in [5, 5.41) is 4.12. The summed E-state index contributed by atoms with van der Waals surface area (Å²) in [7, 11) is 0. The lowest BCUT2D eigenvalue weighted by Gasteiger charge is -2.31. The van der Waals surface area contributed by atoms with E-state index in [1.807, 2.05) is 18.2 Å². The average Bonchev–Trinajstić information content (AvgIpc) is 2.97. The van der Waals surface area contributed by atoms with Crippen molar-refractivity contribution in [2.24, 2.45) is 0 Å². The Bertz CT molecular complexity index is 1140. The molecule has 2 aromatic rings. The van der Waals surface area contributed by atoms with Crippen molar-refractivity contribution >= 4 is 11.8 Å². The number of nitrogens with zero attached hydrogens (tertiary/aromatic N) is 1. The van der Waals surface area contributed by atoms with Crippen LogP contribution in [-0.2, 0) is 11.2 Å². The minimum Gasteiger partial charge on any atom is -0.378 e. The number of fused-ring (bicyclic) bond motifs is 4. The Morgan fingerprint density at radius 2 is 1.88 bits per heavy atom. The first kappa shape index (κ1) is 13.8. The number of ether oxygens (including phenoxy) is 1. The molecule has 1 aromatic heterocycles. The largest absolute Gasteiger partial charge is 0.378 e. The molecule has 0 bridgehead atoms. The van der Waals surface area contributed by atoms with Crippen molar-refractivity contribution in [1.82, 2.24) is 9.88 Å². The average molecular weight is 318 g/mol. The van der Waals surface area contributed by atoms with Crippen LogP contribution in [0, 0.1) is 10.6 Å². The van der Waals surface area contributed by atoms with E-state index in [9.17, 15) is 4.79 Å². The third-order valence-electron chi connectivity index (χ3n) is 5.10. The van der Waals surface area contributed by atoms with Gasteiger partial charge in [-0.3, -0.25) is 4.79 Å². The number of aromatic nitrogens is 1. The van der Waals surface area contributed by atoms with Gasteiger partial charge in [0.1, 0.15) is 0 Å². The summed E-state index contributed by atoms with van der Waals surface area (Å²) in [5.41, 5.74) is 3.61. The number of rotatable bonds is 1. The third kappa shape index (κ3) is 1.86. The Morgan fingerprint density at radius 1 is 1.08 bits per heavy atom. The van der Waals surface area contributed by atoms with E-state index in [2.05, 4.69) is 34.2 Å². The number of aromatic amines is 1. The maximum atomic E-state index is 12.6. The maximum absolute atomic E-state index is 12.6. The van der Waals surface area contributed by atoms with E-state index in [-0.39, 0.29) is 5.56 Å². The monoisotopic (exact) mass is 318 g/mol. The van der Waals surface area contributed by atoms with Crippen LogP contribution in [0.3, 0.4) is 0 Å². The first-order valence-electron chi connectivity index (χ1n) is 8.43. The first-order valence-corrected chi connectivity index (χ1v) is 8.43. The smallest absolute Gasteiger partial charge is 0.256 e. The van der Waals surface area contributed by atoms with Gasteiger partial charge in [0.15, 0.2) is 0 Å². The SMILES string of the molecule is O=c1[nH]c2c(c3c1=CC=CC3)C(N1CCOCC1)=c1ccccc1=2. The second-order valence-corrected chi connectivity index (χ2v) is 6.39. The lowest BCUT2D eigenvalue weighted by molar-refractivity contribution is 0.0637. The Kier molecular flexibility index (Phi) is 3.00. The molecule has 1 fully saturated rings. The first-order chi connectivity index (χ1) is 11.8. The number of benzene rings is 1. The quantitative estimate of drug-likeness (QED) is 0.826. The number of hydrogen-bond donors (Lipinski definition) is 1. The van der Waals surface area contributed by atoms with E-state index >= 15 is 0 Å². The minimum atomic E-state index is 0.00568. The van der Waals surface area contributed by atoms with Gasteiger partial charge >= 0.3 is 0 Å². The van der Waals surface area contributed by atoms with Crippen molar-refractivity contribution in [1.29, 1.82) is 0 Å². The zero-order chi connectivity index (χ0) is 16.1. The van der Waals surface area contributed by atoms with Crippen LogP contribution in [0.4, 0.5) is 0 Å². The van der Waals surface area contributed by atoms with Crippen LogP contribution in [-0.4, -0.2) is 36.2 Å². The van der Waals surface area contributed by atoms with Crippen LogP contribution in [0.25, 0.3) is 11.8 Å². The summed E-state index contributed by atoms with van der Waals surface area (Å²) in [6, 6.07) is 8.37. The van der Waals surface area contributed by atoms with E-state index < -0.39 is 0 Å². The fourth-order valence-electron chi connectivity index (χ4n) is 4.03. The number of morpholine rings is 1. The predicted molar refractivity (Wildman–Crippen MR) is 92.6 cm³/mol. The van der Waals surface area contributed by atoms with Crippen LogP contribution in [0.5, 0.6) is 0 Å². The topological polar surface area (TPSA) is 45.3 Å². The summed E-state index contributed by atoms with van der Waals surface area (Å²) in [5.74, 6) is 0. The van der Waals surface area contributed by atoms with Crippen LogP contribution < -0.4 is 16.0 Å². The molecule has 4 nitrogen and oxygen atoms in total. The lowest BCUT2D eigenvalue weighted by Crippen LogP contribution is -2.39. The fraction of sp³-hybridized carbons (Fsp3) is 0.250. The Hall–Kier alpha value is -2.59. The number of H-pyrrole nitrogens is 1. The molecule has 1 saturated heterocycles. The number of allylic oxidation sites excluding steroid dienone is 2. The molecule has 2 heterocycles. The van der Waals surface area contributed by atoms with E-state index in [1.165, 1.54) is 16.5 Å². The Labute approximate surface area is 138 Å². The molecule has 0 amide bonds. The Balaban J connectivity index is 1.93. The number of hydrogen-bond acceptors (Lipinski definition) is 3. The van der Waals surface area contributed by atoms with Gasteiger partial charge in [-0.15, -0.1) is 0 Å². The standard InChI is InChI=1S/C20H18N2O2/c23-20-16-8-4-1-5-13(16)17-18(21-20)14-6-2-3-7-15(14)19(17)22-9-11-24-12-10-22/h1-4,6-8H,5,9-12H2,(H,21,23). The van der Waals surface area contributed by atoms with Gasteiger partial charge in [-0.05, 0) is 18.1 Å². The van der Waals surface area contributed by atoms with E-state index in [4.69, 9.17) is 4.74 Å². The molecular weight excluding hydrogens is 300 g/mol. The molecule has 1 aliphatic heterocycles. The highest BCUT2D eigenvalue weighted by Crippen LogP contribution is 2.24. The molecule has 0 saturated carbocycles. The number of nitrogens with one attached hydrogen (secondary N) is 1. The molecule has 4 heteroatoms. The predicted octanol–water partition coefficient (Wildman–Crippen LogP) is 0.357. The van der Waals surface area contributed by atoms with Gasteiger partial charge in [-0.2, -0.15) is 0 Å². The number of pyridine rings is 1. The van der Waals surface area contributed by atoms with Crippen molar-refractivity contribution in [3.05, 3.63) is 78.9 Å². The van der Waals surface area contributed by atoms with Gasteiger partial charge in [-0.25, -0.2) is 0 Å². The summed E-state index contributed by atoms with van der Waals surface area (Å²) >= 11 is 0. The summed E-state index contributed by atoms with van der Waals surface area (Å²) < 4.78 is 5.54. The van der Waals surface area contributed by atoms with Gasteiger partial charge in [0.2, 0.25) is 0 Å². The molecule has 120 valence electrons. The minimum absolute atomic E-state index is 0.00568. The molecule has 0 unspecified atom stereocenters. The molecule has 0 radical (unpaired) electrons. The molecule has 3 aliphatic rings. The summed E-state index contributed by atoms with van der Waals surface area (Å²) in [6.45, 7) is 3.27. The van der Waals surface area contributed by atoms with Crippen LogP contribution in [0.1, 0.15) is 11.1 Å². The van der Waals surface area contributed by atoms with Crippen molar-refractivity contribution in [2.75, 3.05) is 26.3 Å². The van der Waals surface area contributed by atoms with Gasteiger partial charge in [0, 0.05) is 34.3 Å². The molecule has 0 spiro atoms. The molecule has 2 aliphatic carbocycles. The fourth-order valence-corrected chi connectivity index (χ4v) is 4.03. The lowest BCUT2D eigenvalue weighted by atomic mass is 9.98. The van der Waals surface area contributed by atoms with Crippen LogP contribution >= 0.6 is 0 Å². The maximum Gasteiger partial charge on any atom is 0.256 e. The molecule has 1 aromatic carbocycles. The van der Waals surface area contributed by atoms with E-state index in [0.717, 1.165) is 54.1 Å². The zero-order valence-corrected chi connectivity index (χ0v) is 13.3. The summed E-state index contributed by atoms with van der Waals surface area (Å²) in [6.07, 6.45) is 6.83. The molecule has 24 heavy (non-hydrogen) atoms. The highest BCUT2D eigenvalue weighted by Gasteiger charge is 2.25. The molecular formula is C20H18N2O2. The summed E-state index contributed by atoms with van der Waals surface area (Å²) in [4.78, 5) is 18.1. The van der Waals surface area contributed by atoms with Gasteiger partial charge < -0.3 is 14.6 Å². The van der Waals surface area contributed by atoms with Crippen molar-refractivity contribution in [2.45, 2.75) is 6.42 Å². The highest BCUT2D eigenvalue weighted by molar-refractivity contribution is 5.71. The van der Waals surface area contributed by atoms with E-state index in [1.54, 1.807) is 0 Å². The molecule has 1 N–H and O–H groups in total. The van der Waals surface area contributed by atoms with Crippen molar-refractivity contribution in [3.63, 3.8) is 0 Å². The van der Waals surface area contributed by atoms with Crippen LogP contribution in [0.15, 0.2) is 41.2 Å². The molecule has 5 rings (SSSR count).